The van der Waals surface area contributed by atoms with Crippen molar-refractivity contribution < 1.29 is 24.9 Å². The number of ether oxygens (including phenoxy) is 1. The number of halogens is 1. The number of rotatable bonds is 10. The number of aromatic hydroxyl groups is 1. The van der Waals surface area contributed by atoms with Gasteiger partial charge in [0.15, 0.2) is 6.61 Å². The molecule has 0 saturated carbocycles. The molecule has 2 aromatic rings. The van der Waals surface area contributed by atoms with Gasteiger partial charge in [-0.2, -0.15) is 0 Å². The van der Waals surface area contributed by atoms with Gasteiger partial charge in [-0.05, 0) is 70.7 Å². The van der Waals surface area contributed by atoms with E-state index < -0.39 is 12.1 Å². The molecule has 0 amide bonds. The van der Waals surface area contributed by atoms with E-state index in [4.69, 9.17) is 9.84 Å². The molecule has 0 fully saturated rings. The molecule has 146 valence electrons. The van der Waals surface area contributed by atoms with E-state index in [1.807, 2.05) is 19.1 Å². The van der Waals surface area contributed by atoms with Crippen LogP contribution in [-0.2, 0) is 11.2 Å². The maximum Gasteiger partial charge on any atom is 0.341 e. The lowest BCUT2D eigenvalue weighted by molar-refractivity contribution is -0.139. The van der Waals surface area contributed by atoms with Gasteiger partial charge >= 0.3 is 5.97 Å². The Hall–Kier alpha value is -2.09. The van der Waals surface area contributed by atoms with Gasteiger partial charge in [-0.3, -0.25) is 0 Å². The number of aliphatic hydroxyl groups excluding tert-OH is 1. The quantitative estimate of drug-likeness (QED) is 0.455. The number of phenolic OH excluding ortho intramolecular Hbond substituents is 1. The zero-order chi connectivity index (χ0) is 19.8. The van der Waals surface area contributed by atoms with Gasteiger partial charge in [-0.25, -0.2) is 4.79 Å². The molecule has 0 heterocycles. The molecule has 4 N–H and O–H groups in total. The molecule has 0 aliphatic heterocycles. The number of aliphatic carboxylic acids is 1. The van der Waals surface area contributed by atoms with Crippen LogP contribution in [0.5, 0.6) is 11.5 Å². The Morgan fingerprint density at radius 3 is 2.52 bits per heavy atom. The van der Waals surface area contributed by atoms with Crippen LogP contribution in [0.15, 0.2) is 46.9 Å². The van der Waals surface area contributed by atoms with Crippen molar-refractivity contribution in [2.24, 2.45) is 0 Å². The summed E-state index contributed by atoms with van der Waals surface area (Å²) in [5.41, 5.74) is 1.82. The summed E-state index contributed by atoms with van der Waals surface area (Å²) in [6, 6.07) is 12.0. The van der Waals surface area contributed by atoms with Gasteiger partial charge in [0, 0.05) is 6.04 Å². The summed E-state index contributed by atoms with van der Waals surface area (Å²) in [4.78, 5) is 10.6. The van der Waals surface area contributed by atoms with E-state index in [9.17, 15) is 15.0 Å². The van der Waals surface area contributed by atoms with E-state index in [0.29, 0.717) is 16.8 Å². The van der Waals surface area contributed by atoms with Crippen LogP contribution in [0.2, 0.25) is 0 Å². The van der Waals surface area contributed by atoms with Crippen molar-refractivity contribution in [1.29, 1.82) is 0 Å². The summed E-state index contributed by atoms with van der Waals surface area (Å²) in [5.74, 6) is -0.357. The molecule has 2 atom stereocenters. The van der Waals surface area contributed by atoms with Gasteiger partial charge in [0.25, 0.3) is 0 Å². The molecule has 0 spiro atoms. The predicted octanol–water partition coefficient (Wildman–Crippen LogP) is 3.26. The summed E-state index contributed by atoms with van der Waals surface area (Å²) in [5, 5.41) is 31.9. The van der Waals surface area contributed by atoms with Crippen LogP contribution in [0.4, 0.5) is 0 Å². The van der Waals surface area contributed by atoms with Crippen molar-refractivity contribution in [3.8, 4) is 11.5 Å². The Bertz CT molecular complexity index is 751. The monoisotopic (exact) mass is 437 g/mol. The van der Waals surface area contributed by atoms with Gasteiger partial charge in [-0.15, -0.1) is 0 Å². The third-order valence-corrected chi connectivity index (χ3v) is 4.84. The Labute approximate surface area is 166 Å². The molecule has 0 aliphatic carbocycles. The first-order valence-corrected chi connectivity index (χ1v) is 9.53. The number of benzene rings is 2. The van der Waals surface area contributed by atoms with Crippen molar-refractivity contribution in [2.45, 2.75) is 31.9 Å². The molecule has 27 heavy (non-hydrogen) atoms. The fourth-order valence-corrected chi connectivity index (χ4v) is 3.28. The third kappa shape index (κ3) is 6.53. The Morgan fingerprint density at radius 1 is 1.22 bits per heavy atom. The third-order valence-electron chi connectivity index (χ3n) is 4.22. The number of carboxylic acids is 1. The average molecular weight is 438 g/mol. The first-order chi connectivity index (χ1) is 12.9. The summed E-state index contributed by atoms with van der Waals surface area (Å²) in [6.45, 7) is 2.30. The number of hydrogen-bond donors (Lipinski definition) is 4. The van der Waals surface area contributed by atoms with E-state index in [2.05, 4.69) is 21.2 Å². The van der Waals surface area contributed by atoms with Crippen molar-refractivity contribution >= 4 is 21.9 Å². The highest BCUT2D eigenvalue weighted by molar-refractivity contribution is 9.10. The lowest BCUT2D eigenvalue weighted by Gasteiger charge is -2.23. The van der Waals surface area contributed by atoms with Crippen LogP contribution in [0.25, 0.3) is 0 Å². The first kappa shape index (κ1) is 21.2. The number of carboxylic acid groups (broad SMARTS) is 1. The number of carbonyl (C=O) groups is 1. The summed E-state index contributed by atoms with van der Waals surface area (Å²) in [7, 11) is 0. The second kappa shape index (κ2) is 10.3. The van der Waals surface area contributed by atoms with Crippen molar-refractivity contribution in [3.05, 3.63) is 58.1 Å². The summed E-state index contributed by atoms with van der Waals surface area (Å²) >= 11 is 3.39. The van der Waals surface area contributed by atoms with Crippen LogP contribution in [0.1, 0.15) is 30.6 Å². The molecule has 0 aromatic heterocycles. The Kier molecular flexibility index (Phi) is 8.09. The number of aliphatic hydroxyl groups is 1. The topological polar surface area (TPSA) is 99.0 Å². The molecule has 0 saturated heterocycles. The fraction of sp³-hybridized carbons (Fsp3) is 0.350. The lowest BCUT2D eigenvalue weighted by Crippen LogP contribution is -2.35. The van der Waals surface area contributed by atoms with E-state index >= 15 is 0 Å². The number of phenols is 1. The minimum atomic E-state index is -1.02. The molecule has 7 heteroatoms. The fourth-order valence-electron chi connectivity index (χ4n) is 2.74. The maximum atomic E-state index is 10.6. The van der Waals surface area contributed by atoms with Gasteiger partial charge in [0.2, 0.25) is 0 Å². The minimum Gasteiger partial charge on any atom is -0.508 e. The standard InChI is InChI=1S/C20H24BrNO5/c1-2-17(20(26)14-4-6-15(23)7-5-14)22-10-9-13-3-8-18(16(21)11-13)27-12-19(24)25/h3-8,11,17,20,22-23,26H,2,9-10,12H2,1H3,(H,24,25)/t17-,20+/m0/s1. The zero-order valence-electron chi connectivity index (χ0n) is 15.1. The highest BCUT2D eigenvalue weighted by atomic mass is 79.9. The number of nitrogens with one attached hydrogen (secondary N) is 1. The maximum absolute atomic E-state index is 10.6. The molecule has 2 aromatic carbocycles. The second-order valence-corrected chi connectivity index (χ2v) is 7.06. The number of hydrogen-bond acceptors (Lipinski definition) is 5. The Morgan fingerprint density at radius 2 is 1.93 bits per heavy atom. The molecular formula is C20H24BrNO5. The van der Waals surface area contributed by atoms with Crippen molar-refractivity contribution in [2.75, 3.05) is 13.2 Å². The van der Waals surface area contributed by atoms with Crippen LogP contribution in [0.3, 0.4) is 0 Å². The van der Waals surface area contributed by atoms with E-state index in [-0.39, 0.29) is 18.4 Å². The van der Waals surface area contributed by atoms with Gasteiger partial charge < -0.3 is 25.4 Å². The molecule has 2 rings (SSSR count). The van der Waals surface area contributed by atoms with Gasteiger partial charge in [0.1, 0.15) is 11.5 Å². The molecule has 0 unspecified atom stereocenters. The largest absolute Gasteiger partial charge is 0.508 e. The smallest absolute Gasteiger partial charge is 0.341 e. The summed E-state index contributed by atoms with van der Waals surface area (Å²) < 4.78 is 5.90. The van der Waals surface area contributed by atoms with E-state index in [1.165, 1.54) is 0 Å². The lowest BCUT2D eigenvalue weighted by atomic mass is 10.00. The van der Waals surface area contributed by atoms with Crippen LogP contribution < -0.4 is 10.1 Å². The highest BCUT2D eigenvalue weighted by Gasteiger charge is 2.18. The normalized spacial score (nSPS) is 13.1. The molecule has 6 nitrogen and oxygen atoms in total. The van der Waals surface area contributed by atoms with Crippen molar-refractivity contribution in [1.82, 2.24) is 5.32 Å². The molecule has 0 aliphatic rings. The molecular weight excluding hydrogens is 414 g/mol. The SMILES string of the molecule is CC[C@H](NCCc1ccc(OCC(=O)O)c(Br)c1)[C@H](O)c1ccc(O)cc1. The van der Waals surface area contributed by atoms with Gasteiger partial charge in [-0.1, -0.05) is 25.1 Å². The molecule has 0 radical (unpaired) electrons. The van der Waals surface area contributed by atoms with Crippen molar-refractivity contribution in [3.63, 3.8) is 0 Å². The van der Waals surface area contributed by atoms with Gasteiger partial charge in [0.05, 0.1) is 10.6 Å². The highest BCUT2D eigenvalue weighted by Crippen LogP contribution is 2.26. The van der Waals surface area contributed by atoms with Crippen LogP contribution in [0, 0.1) is 0 Å². The van der Waals surface area contributed by atoms with Crippen LogP contribution in [-0.4, -0.2) is 40.5 Å². The average Bonchev–Trinajstić information content (AvgIpc) is 2.64. The van der Waals surface area contributed by atoms with E-state index in [1.54, 1.807) is 30.3 Å². The van der Waals surface area contributed by atoms with E-state index in [0.717, 1.165) is 24.0 Å². The first-order valence-electron chi connectivity index (χ1n) is 8.74. The van der Waals surface area contributed by atoms with Crippen LogP contribution >= 0.6 is 15.9 Å². The zero-order valence-corrected chi connectivity index (χ0v) is 16.6. The second-order valence-electron chi connectivity index (χ2n) is 6.20. The Balaban J connectivity index is 1.89. The minimum absolute atomic E-state index is 0.101. The predicted molar refractivity (Wildman–Crippen MR) is 106 cm³/mol. The summed E-state index contributed by atoms with van der Waals surface area (Å²) in [6.07, 6.45) is 0.846. The molecule has 0 bridgehead atoms.